The molecule has 0 amide bonds. The van der Waals surface area contributed by atoms with E-state index in [0.717, 1.165) is 24.1 Å². The number of aliphatic carboxylic acids is 1. The van der Waals surface area contributed by atoms with Crippen molar-refractivity contribution in [3.63, 3.8) is 0 Å². The summed E-state index contributed by atoms with van der Waals surface area (Å²) in [7, 11) is 1.94. The molecule has 19 heavy (non-hydrogen) atoms. The van der Waals surface area contributed by atoms with Crippen LogP contribution in [0.1, 0.15) is 25.3 Å². The van der Waals surface area contributed by atoms with Crippen molar-refractivity contribution < 1.29 is 9.90 Å². The number of hydrogen-bond donors (Lipinski definition) is 2. The van der Waals surface area contributed by atoms with Gasteiger partial charge < -0.3 is 10.0 Å². The van der Waals surface area contributed by atoms with Crippen LogP contribution in [0.25, 0.3) is 0 Å². The van der Waals surface area contributed by atoms with Crippen LogP contribution in [0.5, 0.6) is 0 Å². The van der Waals surface area contributed by atoms with Crippen LogP contribution in [0.4, 0.5) is 5.69 Å². The van der Waals surface area contributed by atoms with Crippen molar-refractivity contribution in [1.29, 1.82) is 0 Å². The number of rotatable bonds is 6. The second-order valence-corrected chi connectivity index (χ2v) is 5.70. The molecule has 4 heteroatoms. The van der Waals surface area contributed by atoms with Crippen LogP contribution < -0.4 is 10.2 Å². The number of likely N-dealkylation sites (N-methyl/N-ethyl adjacent to an activating group) is 1. The summed E-state index contributed by atoms with van der Waals surface area (Å²) in [6.45, 7) is 4.25. The summed E-state index contributed by atoms with van der Waals surface area (Å²) in [6, 6.07) is 8.40. The number of hydrogen-bond acceptors (Lipinski definition) is 3. The van der Waals surface area contributed by atoms with Gasteiger partial charge in [-0.2, -0.15) is 0 Å². The number of carboxylic acid groups (broad SMARTS) is 1. The molecule has 0 radical (unpaired) electrons. The van der Waals surface area contributed by atoms with Crippen molar-refractivity contribution in [2.45, 2.75) is 38.3 Å². The minimum Gasteiger partial charge on any atom is -0.480 e. The Balaban J connectivity index is 2.12. The van der Waals surface area contributed by atoms with Gasteiger partial charge in [-0.05, 0) is 38.3 Å². The van der Waals surface area contributed by atoms with Crippen molar-refractivity contribution in [2.75, 3.05) is 18.5 Å². The number of carbonyl (C=O) groups is 1. The molecule has 1 aliphatic rings. The molecule has 1 saturated carbocycles. The van der Waals surface area contributed by atoms with E-state index in [0.29, 0.717) is 12.6 Å². The Labute approximate surface area is 114 Å². The topological polar surface area (TPSA) is 52.6 Å². The number of aryl methyl sites for hydroxylation is 1. The number of para-hydroxylation sites is 1. The number of benzene rings is 1. The van der Waals surface area contributed by atoms with E-state index in [1.54, 1.807) is 6.92 Å². The quantitative estimate of drug-likeness (QED) is 0.823. The lowest BCUT2D eigenvalue weighted by molar-refractivity contribution is -0.143. The Hall–Kier alpha value is -1.55. The van der Waals surface area contributed by atoms with Crippen molar-refractivity contribution in [3.05, 3.63) is 29.8 Å². The van der Waals surface area contributed by atoms with Crippen LogP contribution in [-0.2, 0) is 4.79 Å². The van der Waals surface area contributed by atoms with Gasteiger partial charge >= 0.3 is 5.97 Å². The highest BCUT2D eigenvalue weighted by atomic mass is 16.4. The van der Waals surface area contributed by atoms with Gasteiger partial charge in [0.05, 0.1) is 0 Å². The second-order valence-electron chi connectivity index (χ2n) is 5.70. The molecule has 1 aromatic carbocycles. The summed E-state index contributed by atoms with van der Waals surface area (Å²) >= 11 is 0. The van der Waals surface area contributed by atoms with Gasteiger partial charge in [0.1, 0.15) is 5.54 Å². The van der Waals surface area contributed by atoms with Gasteiger partial charge in [0.15, 0.2) is 0 Å². The standard InChI is InChI=1S/C15H22N2O2/c1-11-6-4-5-7-13(11)17(3)10-15(2,14(18)19)16-12-8-9-12/h4-7,12,16H,8-10H2,1-3H3,(H,18,19). The molecule has 0 bridgehead atoms. The first-order chi connectivity index (χ1) is 8.92. The highest BCUT2D eigenvalue weighted by molar-refractivity contribution is 5.79. The van der Waals surface area contributed by atoms with E-state index < -0.39 is 11.5 Å². The molecule has 104 valence electrons. The summed E-state index contributed by atoms with van der Waals surface area (Å²) in [5.41, 5.74) is 1.33. The number of carboxylic acids is 1. The van der Waals surface area contributed by atoms with E-state index in [9.17, 15) is 9.90 Å². The molecule has 0 aliphatic heterocycles. The first-order valence-corrected chi connectivity index (χ1v) is 6.70. The molecule has 0 spiro atoms. The van der Waals surface area contributed by atoms with Crippen LogP contribution in [0.2, 0.25) is 0 Å². The zero-order valence-corrected chi connectivity index (χ0v) is 11.8. The Morgan fingerprint density at radius 2 is 2.11 bits per heavy atom. The molecule has 1 atom stereocenters. The predicted octanol–water partition coefficient (Wildman–Crippen LogP) is 2.03. The molecule has 2 rings (SSSR count). The predicted molar refractivity (Wildman–Crippen MR) is 76.6 cm³/mol. The minimum absolute atomic E-state index is 0.367. The van der Waals surface area contributed by atoms with Gasteiger partial charge in [-0.3, -0.25) is 10.1 Å². The van der Waals surface area contributed by atoms with E-state index in [2.05, 4.69) is 5.32 Å². The fraction of sp³-hybridized carbons (Fsp3) is 0.533. The lowest BCUT2D eigenvalue weighted by atomic mass is 10.0. The zero-order valence-electron chi connectivity index (χ0n) is 11.8. The van der Waals surface area contributed by atoms with Gasteiger partial charge in [-0.15, -0.1) is 0 Å². The summed E-state index contributed by atoms with van der Waals surface area (Å²) in [5, 5.41) is 12.7. The van der Waals surface area contributed by atoms with Crippen LogP contribution in [0.3, 0.4) is 0 Å². The minimum atomic E-state index is -0.905. The lowest BCUT2D eigenvalue weighted by Gasteiger charge is -2.33. The third-order valence-electron chi connectivity index (χ3n) is 3.65. The number of anilines is 1. The van der Waals surface area contributed by atoms with Gasteiger partial charge in [-0.1, -0.05) is 18.2 Å². The van der Waals surface area contributed by atoms with Gasteiger partial charge in [0.25, 0.3) is 0 Å². The van der Waals surface area contributed by atoms with Crippen LogP contribution >= 0.6 is 0 Å². The second kappa shape index (κ2) is 5.21. The Morgan fingerprint density at radius 3 is 2.63 bits per heavy atom. The maximum absolute atomic E-state index is 11.5. The first-order valence-electron chi connectivity index (χ1n) is 6.70. The lowest BCUT2D eigenvalue weighted by Crippen LogP contribution is -2.57. The third kappa shape index (κ3) is 3.26. The summed E-state index contributed by atoms with van der Waals surface area (Å²) in [4.78, 5) is 13.6. The molecule has 0 saturated heterocycles. The summed E-state index contributed by atoms with van der Waals surface area (Å²) in [5.74, 6) is -0.792. The Morgan fingerprint density at radius 1 is 1.47 bits per heavy atom. The van der Waals surface area contributed by atoms with Crippen LogP contribution in [-0.4, -0.2) is 36.2 Å². The average Bonchev–Trinajstić information content (AvgIpc) is 3.12. The fourth-order valence-electron chi connectivity index (χ4n) is 2.40. The smallest absolute Gasteiger partial charge is 0.325 e. The zero-order chi connectivity index (χ0) is 14.0. The highest BCUT2D eigenvalue weighted by Crippen LogP contribution is 2.25. The van der Waals surface area contributed by atoms with Gasteiger partial charge in [0, 0.05) is 25.3 Å². The van der Waals surface area contributed by atoms with Crippen LogP contribution in [0, 0.1) is 6.92 Å². The van der Waals surface area contributed by atoms with Crippen molar-refractivity contribution in [1.82, 2.24) is 5.32 Å². The molecule has 2 N–H and O–H groups in total. The first kappa shape index (κ1) is 13.9. The third-order valence-corrected chi connectivity index (χ3v) is 3.65. The highest BCUT2D eigenvalue weighted by Gasteiger charge is 2.39. The van der Waals surface area contributed by atoms with Gasteiger partial charge in [0.2, 0.25) is 0 Å². The Bertz CT molecular complexity index is 471. The van der Waals surface area contributed by atoms with Gasteiger partial charge in [-0.25, -0.2) is 0 Å². The molecular weight excluding hydrogens is 240 g/mol. The maximum Gasteiger partial charge on any atom is 0.325 e. The van der Waals surface area contributed by atoms with E-state index in [-0.39, 0.29) is 0 Å². The van der Waals surface area contributed by atoms with Crippen molar-refractivity contribution in [2.24, 2.45) is 0 Å². The summed E-state index contributed by atoms with van der Waals surface area (Å²) < 4.78 is 0. The number of nitrogens with zero attached hydrogens (tertiary/aromatic N) is 1. The Kier molecular flexibility index (Phi) is 3.80. The average molecular weight is 262 g/mol. The van der Waals surface area contributed by atoms with E-state index >= 15 is 0 Å². The van der Waals surface area contributed by atoms with E-state index in [4.69, 9.17) is 0 Å². The normalized spacial score (nSPS) is 17.8. The molecule has 0 aromatic heterocycles. The molecule has 1 unspecified atom stereocenters. The monoisotopic (exact) mass is 262 g/mol. The van der Waals surface area contributed by atoms with E-state index in [1.807, 2.05) is 43.1 Å². The molecule has 4 nitrogen and oxygen atoms in total. The fourth-order valence-corrected chi connectivity index (χ4v) is 2.40. The molecule has 0 heterocycles. The summed E-state index contributed by atoms with van der Waals surface area (Å²) in [6.07, 6.45) is 2.16. The number of nitrogens with one attached hydrogen (secondary N) is 1. The maximum atomic E-state index is 11.5. The SMILES string of the molecule is Cc1ccccc1N(C)CC(C)(NC1CC1)C(=O)O. The van der Waals surface area contributed by atoms with Crippen molar-refractivity contribution >= 4 is 11.7 Å². The largest absolute Gasteiger partial charge is 0.480 e. The molecule has 1 aromatic rings. The van der Waals surface area contributed by atoms with Crippen molar-refractivity contribution in [3.8, 4) is 0 Å². The van der Waals surface area contributed by atoms with E-state index in [1.165, 1.54) is 0 Å². The molecular formula is C15H22N2O2. The molecule has 1 fully saturated rings. The molecule has 1 aliphatic carbocycles. The van der Waals surface area contributed by atoms with Crippen LogP contribution in [0.15, 0.2) is 24.3 Å².